The zero-order valence-electron chi connectivity index (χ0n) is 16.5. The van der Waals surface area contributed by atoms with Gasteiger partial charge in [-0.3, -0.25) is 4.90 Å². The van der Waals surface area contributed by atoms with Crippen molar-refractivity contribution >= 4 is 27.3 Å². The van der Waals surface area contributed by atoms with E-state index in [9.17, 15) is 17.2 Å². The maximum absolute atomic E-state index is 12.6. The SMILES string of the molecule is CC(CNS(=O)(=O)c1ccc(OC(F)F)c(Cl)c1)N1CCN(c2ccccc2)CC1. The second-order valence-electron chi connectivity index (χ2n) is 7.03. The normalized spacial score (nSPS) is 16.6. The Morgan fingerprint density at radius 2 is 1.77 bits per heavy atom. The second kappa shape index (κ2) is 9.91. The van der Waals surface area contributed by atoms with Crippen molar-refractivity contribution in [2.45, 2.75) is 24.5 Å². The van der Waals surface area contributed by atoms with Crippen LogP contribution in [-0.4, -0.2) is 58.7 Å². The lowest BCUT2D eigenvalue weighted by Crippen LogP contribution is -2.52. The maximum Gasteiger partial charge on any atom is 0.387 e. The molecule has 164 valence electrons. The minimum Gasteiger partial charge on any atom is -0.433 e. The smallest absolute Gasteiger partial charge is 0.387 e. The number of piperazine rings is 1. The average molecular weight is 460 g/mol. The van der Waals surface area contributed by atoms with E-state index in [1.54, 1.807) is 0 Å². The van der Waals surface area contributed by atoms with Gasteiger partial charge in [-0.05, 0) is 37.3 Å². The zero-order valence-corrected chi connectivity index (χ0v) is 18.0. The Labute approximate surface area is 180 Å². The molecule has 0 saturated carbocycles. The molecule has 3 rings (SSSR count). The summed E-state index contributed by atoms with van der Waals surface area (Å²) < 4.78 is 56.6. The van der Waals surface area contributed by atoms with Crippen LogP contribution in [0, 0.1) is 0 Å². The number of hydrogen-bond acceptors (Lipinski definition) is 5. The number of nitrogens with one attached hydrogen (secondary N) is 1. The molecule has 0 radical (unpaired) electrons. The molecule has 2 aromatic rings. The molecule has 1 unspecified atom stereocenters. The van der Waals surface area contributed by atoms with E-state index < -0.39 is 16.6 Å². The highest BCUT2D eigenvalue weighted by atomic mass is 35.5. The molecule has 1 N–H and O–H groups in total. The number of ether oxygens (including phenoxy) is 1. The van der Waals surface area contributed by atoms with Crippen LogP contribution in [-0.2, 0) is 10.0 Å². The number of nitrogens with zero attached hydrogens (tertiary/aromatic N) is 2. The van der Waals surface area contributed by atoms with Crippen LogP contribution in [0.3, 0.4) is 0 Å². The minimum atomic E-state index is -3.83. The lowest BCUT2D eigenvalue weighted by Gasteiger charge is -2.39. The summed E-state index contributed by atoms with van der Waals surface area (Å²) in [6.07, 6.45) is 0. The highest BCUT2D eigenvalue weighted by Gasteiger charge is 2.23. The van der Waals surface area contributed by atoms with Gasteiger partial charge in [0.1, 0.15) is 5.75 Å². The van der Waals surface area contributed by atoms with Crippen LogP contribution in [0.4, 0.5) is 14.5 Å². The molecule has 30 heavy (non-hydrogen) atoms. The number of para-hydroxylation sites is 1. The van der Waals surface area contributed by atoms with Crippen molar-refractivity contribution in [3.8, 4) is 5.75 Å². The fourth-order valence-electron chi connectivity index (χ4n) is 3.34. The third-order valence-corrected chi connectivity index (χ3v) is 6.77. The summed E-state index contributed by atoms with van der Waals surface area (Å²) in [6.45, 7) is 2.52. The van der Waals surface area contributed by atoms with Gasteiger partial charge in [-0.15, -0.1) is 0 Å². The number of halogens is 3. The van der Waals surface area contributed by atoms with Crippen molar-refractivity contribution in [3.05, 3.63) is 53.6 Å². The van der Waals surface area contributed by atoms with Gasteiger partial charge in [0.25, 0.3) is 0 Å². The molecule has 0 aliphatic carbocycles. The third kappa shape index (κ3) is 5.81. The Morgan fingerprint density at radius 1 is 1.10 bits per heavy atom. The van der Waals surface area contributed by atoms with Gasteiger partial charge in [-0.1, -0.05) is 29.8 Å². The quantitative estimate of drug-likeness (QED) is 0.655. The molecule has 2 aromatic carbocycles. The third-order valence-electron chi connectivity index (χ3n) is 5.06. The Kier molecular flexibility index (Phi) is 7.51. The summed E-state index contributed by atoms with van der Waals surface area (Å²) >= 11 is 5.86. The molecule has 1 fully saturated rings. The minimum absolute atomic E-state index is 0.00499. The molecule has 1 aliphatic rings. The van der Waals surface area contributed by atoms with Gasteiger partial charge in [0.05, 0.1) is 9.92 Å². The van der Waals surface area contributed by atoms with Crippen LogP contribution >= 0.6 is 11.6 Å². The molecule has 1 saturated heterocycles. The van der Waals surface area contributed by atoms with Crippen LogP contribution in [0.2, 0.25) is 5.02 Å². The molecule has 6 nitrogen and oxygen atoms in total. The maximum atomic E-state index is 12.6. The molecule has 0 spiro atoms. The average Bonchev–Trinajstić information content (AvgIpc) is 2.74. The van der Waals surface area contributed by atoms with Gasteiger partial charge in [0.15, 0.2) is 0 Å². The molecule has 0 aromatic heterocycles. The van der Waals surface area contributed by atoms with Gasteiger partial charge in [-0.2, -0.15) is 8.78 Å². The van der Waals surface area contributed by atoms with Gasteiger partial charge in [0, 0.05) is 44.5 Å². The van der Waals surface area contributed by atoms with E-state index in [0.717, 1.165) is 38.3 Å². The van der Waals surface area contributed by atoms with Gasteiger partial charge >= 0.3 is 6.61 Å². The van der Waals surface area contributed by atoms with E-state index in [1.165, 1.54) is 11.8 Å². The van der Waals surface area contributed by atoms with Crippen LogP contribution in [0.15, 0.2) is 53.4 Å². The van der Waals surface area contributed by atoms with Gasteiger partial charge in [0.2, 0.25) is 10.0 Å². The summed E-state index contributed by atoms with van der Waals surface area (Å²) in [7, 11) is -3.83. The Balaban J connectivity index is 1.54. The number of rotatable bonds is 8. The monoisotopic (exact) mass is 459 g/mol. The summed E-state index contributed by atoms with van der Waals surface area (Å²) in [6, 6.07) is 13.6. The predicted molar refractivity (Wildman–Crippen MR) is 113 cm³/mol. The molecular formula is C20H24ClF2N3O3S. The van der Waals surface area contributed by atoms with Crippen molar-refractivity contribution in [2.75, 3.05) is 37.6 Å². The molecule has 1 heterocycles. The molecule has 1 atom stereocenters. The largest absolute Gasteiger partial charge is 0.433 e. The first-order valence-electron chi connectivity index (χ1n) is 9.54. The second-order valence-corrected chi connectivity index (χ2v) is 9.20. The zero-order chi connectivity index (χ0) is 21.7. The highest BCUT2D eigenvalue weighted by molar-refractivity contribution is 7.89. The van der Waals surface area contributed by atoms with Gasteiger partial charge < -0.3 is 9.64 Å². The van der Waals surface area contributed by atoms with Crippen LogP contribution in [0.1, 0.15) is 6.92 Å². The Bertz CT molecular complexity index is 940. The molecule has 1 aliphatic heterocycles. The lowest BCUT2D eigenvalue weighted by molar-refractivity contribution is -0.0498. The van der Waals surface area contributed by atoms with Crippen molar-refractivity contribution < 1.29 is 21.9 Å². The fourth-order valence-corrected chi connectivity index (χ4v) is 4.78. The van der Waals surface area contributed by atoms with E-state index in [2.05, 4.69) is 31.4 Å². The lowest BCUT2D eigenvalue weighted by atomic mass is 10.2. The molecule has 0 amide bonds. The summed E-state index contributed by atoms with van der Waals surface area (Å²) in [5.41, 5.74) is 1.18. The van der Waals surface area contributed by atoms with Crippen LogP contribution in [0.25, 0.3) is 0 Å². The Morgan fingerprint density at radius 3 is 2.37 bits per heavy atom. The van der Waals surface area contributed by atoms with Crippen molar-refractivity contribution in [2.24, 2.45) is 0 Å². The van der Waals surface area contributed by atoms with E-state index in [-0.39, 0.29) is 28.3 Å². The van der Waals surface area contributed by atoms with Crippen LogP contribution in [0.5, 0.6) is 5.75 Å². The number of hydrogen-bond donors (Lipinski definition) is 1. The van der Waals surface area contributed by atoms with Crippen LogP contribution < -0.4 is 14.4 Å². The van der Waals surface area contributed by atoms with E-state index in [4.69, 9.17) is 11.6 Å². The summed E-state index contributed by atoms with van der Waals surface area (Å²) in [4.78, 5) is 4.43. The van der Waals surface area contributed by atoms with E-state index in [0.29, 0.717) is 0 Å². The number of alkyl halides is 2. The van der Waals surface area contributed by atoms with E-state index >= 15 is 0 Å². The number of sulfonamides is 1. The number of anilines is 1. The Hall–Kier alpha value is -1.94. The summed E-state index contributed by atoms with van der Waals surface area (Å²) in [5.74, 6) is -0.268. The summed E-state index contributed by atoms with van der Waals surface area (Å²) in [5, 5.41) is -0.191. The molecule has 0 bridgehead atoms. The van der Waals surface area contributed by atoms with Gasteiger partial charge in [-0.25, -0.2) is 13.1 Å². The molecular weight excluding hydrogens is 436 g/mol. The molecule has 10 heteroatoms. The first kappa shape index (κ1) is 22.7. The predicted octanol–water partition coefficient (Wildman–Crippen LogP) is 3.43. The topological polar surface area (TPSA) is 61.9 Å². The first-order valence-corrected chi connectivity index (χ1v) is 11.4. The highest BCUT2D eigenvalue weighted by Crippen LogP contribution is 2.28. The van der Waals surface area contributed by atoms with Crippen molar-refractivity contribution in [1.29, 1.82) is 0 Å². The van der Waals surface area contributed by atoms with Crippen molar-refractivity contribution in [1.82, 2.24) is 9.62 Å². The first-order chi connectivity index (χ1) is 14.3. The number of benzene rings is 2. The van der Waals surface area contributed by atoms with Crippen molar-refractivity contribution in [3.63, 3.8) is 0 Å². The van der Waals surface area contributed by atoms with E-state index in [1.807, 2.05) is 25.1 Å². The standard InChI is InChI=1S/C20H24ClF2N3O3S/c1-15(25-9-11-26(12-10-25)16-5-3-2-4-6-16)14-24-30(27,28)17-7-8-19(18(21)13-17)29-20(22)23/h2-8,13,15,20,24H,9-12,14H2,1H3. The fraction of sp³-hybridized carbons (Fsp3) is 0.400.